The molecule has 11 nitrogen and oxygen atoms in total. The summed E-state index contributed by atoms with van der Waals surface area (Å²) in [4.78, 5) is 33.7. The van der Waals surface area contributed by atoms with Crippen LogP contribution in [0.2, 0.25) is 5.02 Å². The van der Waals surface area contributed by atoms with E-state index >= 15 is 4.39 Å². The fraction of sp³-hybridized carbons (Fsp3) is 0.395. The van der Waals surface area contributed by atoms with E-state index in [1.807, 2.05) is 17.0 Å². The van der Waals surface area contributed by atoms with Gasteiger partial charge < -0.3 is 19.6 Å². The van der Waals surface area contributed by atoms with Crippen LogP contribution in [-0.4, -0.2) is 97.1 Å². The van der Waals surface area contributed by atoms with Crippen LogP contribution in [0.25, 0.3) is 32.8 Å². The third kappa shape index (κ3) is 5.33. The smallest absolute Gasteiger partial charge is 0.346 e. The molecule has 0 bridgehead atoms. The van der Waals surface area contributed by atoms with Gasteiger partial charge in [-0.1, -0.05) is 23.6 Å². The van der Waals surface area contributed by atoms with Crippen molar-refractivity contribution in [2.24, 2.45) is 5.41 Å². The number of anilines is 1. The molecule has 9 rings (SSSR count). The number of hydrogen-bond acceptors (Lipinski definition) is 9. The number of carbonyl (C=O) groups excluding carboxylic acids is 1. The maximum atomic E-state index is 15.0. The molecule has 1 unspecified atom stereocenters. The van der Waals surface area contributed by atoms with Crippen LogP contribution in [0.15, 0.2) is 49.1 Å². The maximum Gasteiger partial charge on any atom is 0.346 e. The van der Waals surface area contributed by atoms with E-state index in [1.165, 1.54) is 23.4 Å². The molecule has 13 heteroatoms. The van der Waals surface area contributed by atoms with Crippen LogP contribution in [0.4, 0.5) is 15.0 Å². The van der Waals surface area contributed by atoms with Crippen molar-refractivity contribution in [3.05, 3.63) is 65.5 Å². The number of benzene rings is 3. The van der Waals surface area contributed by atoms with Gasteiger partial charge in [0.05, 0.1) is 16.6 Å². The molecule has 4 aliphatic rings. The fourth-order valence-corrected chi connectivity index (χ4v) is 9.33. The standard InChI is InChI=1S/C38H36ClFN8O3/c1-2-26-31(40)6-5-24-15-25(49)16-28(33(24)26)27-18-32-29(17-30(27)39)34(44-35(43-32)51-21-38-7-3-11-47(38)12-4-8-38)45-13-9-37(19-45)10-14-46(20-37)36(50)48-23-41-22-42-48/h1,5-6,15-18,22-23,49H,3-4,7-14,19-21H2. The molecule has 3 aromatic carbocycles. The van der Waals surface area contributed by atoms with E-state index in [-0.39, 0.29) is 34.3 Å². The van der Waals surface area contributed by atoms with Crippen LogP contribution in [0.5, 0.6) is 11.8 Å². The first-order valence-electron chi connectivity index (χ1n) is 17.5. The van der Waals surface area contributed by atoms with Crippen molar-refractivity contribution in [2.45, 2.75) is 44.1 Å². The van der Waals surface area contributed by atoms with E-state index in [0.29, 0.717) is 64.5 Å². The van der Waals surface area contributed by atoms with Gasteiger partial charge in [0.1, 0.15) is 36.6 Å². The molecular weight excluding hydrogens is 671 g/mol. The van der Waals surface area contributed by atoms with E-state index in [0.717, 1.165) is 63.5 Å². The molecule has 1 amide bonds. The predicted molar refractivity (Wildman–Crippen MR) is 192 cm³/mol. The summed E-state index contributed by atoms with van der Waals surface area (Å²) in [5, 5.41) is 17.0. The van der Waals surface area contributed by atoms with Crippen LogP contribution in [0.3, 0.4) is 0 Å². The minimum absolute atomic E-state index is 0.00145. The molecule has 0 radical (unpaired) electrons. The summed E-state index contributed by atoms with van der Waals surface area (Å²) in [6.07, 6.45) is 14.8. The van der Waals surface area contributed by atoms with Gasteiger partial charge >= 0.3 is 12.0 Å². The maximum absolute atomic E-state index is 15.0. The number of aromatic nitrogens is 5. The summed E-state index contributed by atoms with van der Waals surface area (Å²) in [5.41, 5.74) is 1.64. The summed E-state index contributed by atoms with van der Waals surface area (Å²) in [6, 6.07) is 9.81. The van der Waals surface area contributed by atoms with Crippen LogP contribution in [0, 0.1) is 23.6 Å². The van der Waals surface area contributed by atoms with Crippen molar-refractivity contribution < 1.29 is 19.0 Å². The number of ether oxygens (including phenoxy) is 1. The van der Waals surface area contributed by atoms with Crippen molar-refractivity contribution >= 4 is 45.1 Å². The van der Waals surface area contributed by atoms with Gasteiger partial charge in [-0.15, -0.1) is 6.42 Å². The number of fused-ring (bicyclic) bond motifs is 3. The molecule has 51 heavy (non-hydrogen) atoms. The van der Waals surface area contributed by atoms with Gasteiger partial charge in [0, 0.05) is 53.0 Å². The second kappa shape index (κ2) is 12.1. The van der Waals surface area contributed by atoms with E-state index in [9.17, 15) is 9.90 Å². The average molecular weight is 707 g/mol. The lowest BCUT2D eigenvalue weighted by Crippen LogP contribution is -2.43. The Kier molecular flexibility index (Phi) is 7.56. The minimum Gasteiger partial charge on any atom is -0.508 e. The average Bonchev–Trinajstić information content (AvgIpc) is 3.97. The van der Waals surface area contributed by atoms with Gasteiger partial charge in [-0.05, 0) is 92.9 Å². The first-order chi connectivity index (χ1) is 24.7. The summed E-state index contributed by atoms with van der Waals surface area (Å²) in [6.45, 7) is 5.34. The van der Waals surface area contributed by atoms with Crippen molar-refractivity contribution in [1.29, 1.82) is 0 Å². The van der Waals surface area contributed by atoms with Crippen LogP contribution in [0.1, 0.15) is 44.1 Å². The first kappa shape index (κ1) is 32.0. The number of likely N-dealkylation sites (tertiary alicyclic amines) is 1. The predicted octanol–water partition coefficient (Wildman–Crippen LogP) is 6.10. The second-order valence-electron chi connectivity index (χ2n) is 14.5. The van der Waals surface area contributed by atoms with Gasteiger partial charge in [0.25, 0.3) is 0 Å². The zero-order valence-corrected chi connectivity index (χ0v) is 28.7. The summed E-state index contributed by atoms with van der Waals surface area (Å²) >= 11 is 7.08. The van der Waals surface area contributed by atoms with Crippen LogP contribution in [-0.2, 0) is 0 Å². The molecule has 260 valence electrons. The number of phenols is 1. The second-order valence-corrected chi connectivity index (χ2v) is 14.9. The molecule has 4 saturated heterocycles. The molecule has 1 atom stereocenters. The Morgan fingerprint density at radius 2 is 1.84 bits per heavy atom. The number of carbonyl (C=O) groups is 1. The van der Waals surface area contributed by atoms with E-state index < -0.39 is 5.82 Å². The topological polar surface area (TPSA) is 113 Å². The lowest BCUT2D eigenvalue weighted by Gasteiger charge is -2.31. The molecule has 2 aromatic heterocycles. The number of rotatable bonds is 5. The Morgan fingerprint density at radius 3 is 2.63 bits per heavy atom. The number of aromatic hydroxyl groups is 1. The number of hydrogen-bond donors (Lipinski definition) is 1. The molecule has 5 aromatic rings. The van der Waals surface area contributed by atoms with Gasteiger partial charge in [-0.2, -0.15) is 19.7 Å². The summed E-state index contributed by atoms with van der Waals surface area (Å²) < 4.78 is 22.8. The third-order valence-corrected chi connectivity index (χ3v) is 11.9. The lowest BCUT2D eigenvalue weighted by molar-refractivity contribution is 0.108. The number of nitrogens with zero attached hydrogens (tertiary/aromatic N) is 8. The molecule has 1 N–H and O–H groups in total. The quantitative estimate of drug-likeness (QED) is 0.217. The number of halogens is 2. The van der Waals surface area contributed by atoms with Gasteiger partial charge in [0.15, 0.2) is 0 Å². The molecule has 4 aliphatic heterocycles. The van der Waals surface area contributed by atoms with E-state index in [2.05, 4.69) is 25.8 Å². The normalized spacial score (nSPS) is 21.3. The Labute approximate surface area is 299 Å². The number of terminal acetylenes is 1. The molecule has 4 fully saturated rings. The largest absolute Gasteiger partial charge is 0.508 e. The molecule has 1 spiro atoms. The fourth-order valence-electron chi connectivity index (χ4n) is 9.06. The van der Waals surface area contributed by atoms with Gasteiger partial charge in [-0.25, -0.2) is 14.2 Å². The minimum atomic E-state index is -0.530. The molecule has 0 aliphatic carbocycles. The Balaban J connectivity index is 1.12. The first-order valence-corrected chi connectivity index (χ1v) is 17.8. The Bertz CT molecular complexity index is 2250. The van der Waals surface area contributed by atoms with E-state index in [4.69, 9.17) is 32.7 Å². The SMILES string of the molecule is C#Cc1c(F)ccc2cc(O)cc(-c3cc4nc(OCC56CCCN5CCC6)nc(N5CCC6(CCN(C(=O)n7cncn7)C6)C5)c4cc3Cl)c12. The highest BCUT2D eigenvalue weighted by Crippen LogP contribution is 2.46. The highest BCUT2D eigenvalue weighted by Gasteiger charge is 2.47. The van der Waals surface area contributed by atoms with Crippen LogP contribution < -0.4 is 9.64 Å². The highest BCUT2D eigenvalue weighted by molar-refractivity contribution is 6.35. The van der Waals surface area contributed by atoms with Crippen molar-refractivity contribution in [2.75, 3.05) is 50.8 Å². The molecule has 6 heterocycles. The van der Waals surface area contributed by atoms with Crippen molar-refractivity contribution in [3.8, 4) is 35.2 Å². The highest BCUT2D eigenvalue weighted by atomic mass is 35.5. The van der Waals surface area contributed by atoms with Gasteiger partial charge in [-0.3, -0.25) is 4.90 Å². The summed E-state index contributed by atoms with van der Waals surface area (Å²) in [5.74, 6) is 2.68. The zero-order valence-electron chi connectivity index (χ0n) is 28.0. The lowest BCUT2D eigenvalue weighted by atomic mass is 9.86. The zero-order chi connectivity index (χ0) is 34.9. The molecular formula is C38H36ClFN8O3. The monoisotopic (exact) mass is 706 g/mol. The Hall–Kier alpha value is -4.99. The van der Waals surface area contributed by atoms with Crippen molar-refractivity contribution in [3.63, 3.8) is 0 Å². The number of amides is 1. The number of phenolic OH excluding ortho intramolecular Hbond substituents is 1. The van der Waals surface area contributed by atoms with Gasteiger partial charge in [0.2, 0.25) is 0 Å². The summed E-state index contributed by atoms with van der Waals surface area (Å²) in [7, 11) is 0. The third-order valence-electron chi connectivity index (χ3n) is 11.6. The van der Waals surface area contributed by atoms with E-state index in [1.54, 1.807) is 18.2 Å². The Morgan fingerprint density at radius 1 is 1.02 bits per heavy atom. The molecule has 0 saturated carbocycles. The van der Waals surface area contributed by atoms with Crippen LogP contribution >= 0.6 is 11.6 Å². The van der Waals surface area contributed by atoms with Crippen molar-refractivity contribution in [1.82, 2.24) is 34.5 Å².